The molecule has 1 N–H and O–H groups in total. The van der Waals surface area contributed by atoms with E-state index in [-0.39, 0.29) is 12.0 Å². The Morgan fingerprint density at radius 3 is 2.59 bits per heavy atom. The Kier molecular flexibility index (Phi) is 5.92. The van der Waals surface area contributed by atoms with Gasteiger partial charge in [0.1, 0.15) is 0 Å². The smallest absolute Gasteiger partial charge is 0.227 e. The lowest BCUT2D eigenvalue weighted by Crippen LogP contribution is -2.23. The maximum Gasteiger partial charge on any atom is 0.227 e. The highest BCUT2D eigenvalue weighted by Gasteiger charge is 2.23. The lowest BCUT2D eigenvalue weighted by atomic mass is 9.95. The Labute approximate surface area is 172 Å². The highest BCUT2D eigenvalue weighted by Crippen LogP contribution is 2.31. The van der Waals surface area contributed by atoms with E-state index in [0.29, 0.717) is 13.0 Å². The molecular weight excluding hydrogens is 360 g/mol. The second kappa shape index (κ2) is 8.93. The molecular formula is C25H26N2O2. The average Bonchev–Trinajstić information content (AvgIpc) is 2.75. The molecule has 29 heavy (non-hydrogen) atoms. The largest absolute Gasteiger partial charge is 0.373 e. The van der Waals surface area contributed by atoms with Gasteiger partial charge in [-0.2, -0.15) is 0 Å². The third-order valence-corrected chi connectivity index (χ3v) is 5.32. The second-order valence-electron chi connectivity index (χ2n) is 7.42. The Morgan fingerprint density at radius 1 is 1.00 bits per heavy atom. The lowest BCUT2D eigenvalue weighted by molar-refractivity contribution is -0.119. The maximum absolute atomic E-state index is 12.8. The van der Waals surface area contributed by atoms with Crippen LogP contribution in [0.3, 0.4) is 0 Å². The van der Waals surface area contributed by atoms with Gasteiger partial charge in [0.15, 0.2) is 0 Å². The third-order valence-electron chi connectivity index (χ3n) is 5.32. The number of hydrogen-bond donors (Lipinski definition) is 1. The number of amides is 1. The summed E-state index contributed by atoms with van der Waals surface area (Å²) < 4.78 is 5.90. The Morgan fingerprint density at radius 2 is 1.72 bits per heavy atom. The molecule has 148 valence electrons. The van der Waals surface area contributed by atoms with Gasteiger partial charge in [0, 0.05) is 13.6 Å². The van der Waals surface area contributed by atoms with Crippen molar-refractivity contribution in [2.45, 2.75) is 25.5 Å². The maximum atomic E-state index is 12.8. The molecule has 0 aromatic heterocycles. The van der Waals surface area contributed by atoms with Gasteiger partial charge in [-0.3, -0.25) is 4.79 Å². The van der Waals surface area contributed by atoms with Crippen LogP contribution >= 0.6 is 0 Å². The monoisotopic (exact) mass is 386 g/mol. The van der Waals surface area contributed by atoms with Crippen molar-refractivity contribution in [1.29, 1.82) is 0 Å². The van der Waals surface area contributed by atoms with Gasteiger partial charge in [-0.1, -0.05) is 66.7 Å². The molecule has 0 fully saturated rings. The van der Waals surface area contributed by atoms with Gasteiger partial charge < -0.3 is 15.0 Å². The van der Waals surface area contributed by atoms with E-state index in [9.17, 15) is 4.79 Å². The molecule has 0 radical (unpaired) electrons. The van der Waals surface area contributed by atoms with E-state index in [1.165, 1.54) is 11.1 Å². The number of anilines is 2. The summed E-state index contributed by atoms with van der Waals surface area (Å²) in [7, 11) is 2.04. The van der Waals surface area contributed by atoms with Crippen LogP contribution < -0.4 is 10.2 Å². The van der Waals surface area contributed by atoms with Crippen molar-refractivity contribution in [2.75, 3.05) is 23.9 Å². The molecule has 0 spiro atoms. The van der Waals surface area contributed by atoms with E-state index in [1.807, 2.05) is 61.6 Å². The van der Waals surface area contributed by atoms with Gasteiger partial charge in [-0.15, -0.1) is 0 Å². The molecule has 0 aliphatic carbocycles. The first-order valence-electron chi connectivity index (χ1n) is 10.0. The number of carbonyl (C=O) groups excluding carboxylic acids is 1. The number of para-hydroxylation sites is 2. The van der Waals surface area contributed by atoms with Crippen molar-refractivity contribution in [3.63, 3.8) is 0 Å². The quantitative estimate of drug-likeness (QED) is 0.651. The molecule has 0 saturated carbocycles. The fourth-order valence-electron chi connectivity index (χ4n) is 3.87. The summed E-state index contributed by atoms with van der Waals surface area (Å²) in [5.41, 5.74) is 5.45. The lowest BCUT2D eigenvalue weighted by Gasteiger charge is -2.26. The number of rotatable bonds is 6. The molecule has 1 heterocycles. The number of benzene rings is 3. The minimum Gasteiger partial charge on any atom is -0.373 e. The van der Waals surface area contributed by atoms with Crippen LogP contribution in [0.5, 0.6) is 0 Å². The minimum atomic E-state index is -0.186. The van der Waals surface area contributed by atoms with Crippen LogP contribution in [-0.4, -0.2) is 19.6 Å². The normalized spacial score (nSPS) is 15.4. The SMILES string of the molecule is CN(Cc1ccccc1)c1ccccc1NC(=O)CC1OCCc2ccccc21. The number of ether oxygens (including phenoxy) is 1. The van der Waals surface area contributed by atoms with E-state index < -0.39 is 0 Å². The van der Waals surface area contributed by atoms with Gasteiger partial charge in [-0.25, -0.2) is 0 Å². The molecule has 4 nitrogen and oxygen atoms in total. The Bertz CT molecular complexity index is 971. The van der Waals surface area contributed by atoms with Crippen LogP contribution in [-0.2, 0) is 22.5 Å². The molecule has 3 aromatic carbocycles. The van der Waals surface area contributed by atoms with E-state index in [2.05, 4.69) is 34.5 Å². The third kappa shape index (κ3) is 4.66. The van der Waals surface area contributed by atoms with Crippen LogP contribution in [0.1, 0.15) is 29.2 Å². The minimum absolute atomic E-state index is 0.0349. The van der Waals surface area contributed by atoms with Crippen LogP contribution in [0.2, 0.25) is 0 Å². The number of nitrogens with zero attached hydrogens (tertiary/aromatic N) is 1. The summed E-state index contributed by atoms with van der Waals surface area (Å²) in [6.45, 7) is 1.43. The summed E-state index contributed by atoms with van der Waals surface area (Å²) in [6, 6.07) is 26.5. The number of fused-ring (bicyclic) bond motifs is 1. The number of hydrogen-bond acceptors (Lipinski definition) is 3. The molecule has 3 aromatic rings. The van der Waals surface area contributed by atoms with Crippen molar-refractivity contribution in [3.05, 3.63) is 95.6 Å². The van der Waals surface area contributed by atoms with Gasteiger partial charge in [-0.05, 0) is 35.2 Å². The molecule has 1 unspecified atom stereocenters. The van der Waals surface area contributed by atoms with E-state index in [1.54, 1.807) is 0 Å². The molecule has 0 bridgehead atoms. The predicted molar refractivity (Wildman–Crippen MR) is 117 cm³/mol. The highest BCUT2D eigenvalue weighted by molar-refractivity contribution is 5.94. The van der Waals surface area contributed by atoms with E-state index in [0.717, 1.165) is 29.9 Å². The van der Waals surface area contributed by atoms with Gasteiger partial charge in [0.2, 0.25) is 5.91 Å². The Balaban J connectivity index is 1.45. The van der Waals surface area contributed by atoms with Crippen molar-refractivity contribution in [3.8, 4) is 0 Å². The van der Waals surface area contributed by atoms with E-state index >= 15 is 0 Å². The topological polar surface area (TPSA) is 41.6 Å². The first-order chi connectivity index (χ1) is 14.2. The number of nitrogens with one attached hydrogen (secondary N) is 1. The molecule has 4 rings (SSSR count). The zero-order valence-corrected chi connectivity index (χ0v) is 16.7. The summed E-state index contributed by atoms with van der Waals surface area (Å²) in [6.07, 6.45) is 1.03. The molecule has 4 heteroatoms. The summed E-state index contributed by atoms with van der Waals surface area (Å²) in [5, 5.41) is 3.09. The predicted octanol–water partition coefficient (Wildman–Crippen LogP) is 4.97. The van der Waals surface area contributed by atoms with E-state index in [4.69, 9.17) is 4.74 Å². The van der Waals surface area contributed by atoms with Crippen molar-refractivity contribution in [2.24, 2.45) is 0 Å². The van der Waals surface area contributed by atoms with Gasteiger partial charge >= 0.3 is 0 Å². The second-order valence-corrected chi connectivity index (χ2v) is 7.42. The zero-order chi connectivity index (χ0) is 20.1. The van der Waals surface area contributed by atoms with Crippen LogP contribution in [0, 0.1) is 0 Å². The molecule has 1 aliphatic heterocycles. The van der Waals surface area contributed by atoms with Crippen molar-refractivity contribution < 1.29 is 9.53 Å². The fourth-order valence-corrected chi connectivity index (χ4v) is 3.87. The molecule has 1 amide bonds. The van der Waals surface area contributed by atoms with Crippen molar-refractivity contribution in [1.82, 2.24) is 0 Å². The van der Waals surface area contributed by atoms with Gasteiger partial charge in [0.05, 0.1) is 30.5 Å². The highest BCUT2D eigenvalue weighted by atomic mass is 16.5. The van der Waals surface area contributed by atoms with Gasteiger partial charge in [0.25, 0.3) is 0 Å². The van der Waals surface area contributed by atoms with Crippen LogP contribution in [0.15, 0.2) is 78.9 Å². The van der Waals surface area contributed by atoms with Crippen molar-refractivity contribution >= 4 is 17.3 Å². The summed E-state index contributed by atoms with van der Waals surface area (Å²) in [4.78, 5) is 15.0. The fraction of sp³-hybridized carbons (Fsp3) is 0.240. The first kappa shape index (κ1) is 19.2. The standard InChI is InChI=1S/C25H26N2O2/c1-27(18-19-9-3-2-4-10-19)23-14-8-7-13-22(23)26-25(28)17-24-21-12-6-5-11-20(21)15-16-29-24/h2-14,24H,15-18H2,1H3,(H,26,28). The average molecular weight is 386 g/mol. The first-order valence-corrected chi connectivity index (χ1v) is 10.0. The molecule has 1 aliphatic rings. The molecule has 1 atom stereocenters. The Hall–Kier alpha value is -3.11. The zero-order valence-electron chi connectivity index (χ0n) is 16.7. The molecule has 0 saturated heterocycles. The van der Waals surface area contributed by atoms with Crippen LogP contribution in [0.4, 0.5) is 11.4 Å². The number of carbonyl (C=O) groups is 1. The summed E-state index contributed by atoms with van der Waals surface area (Å²) in [5.74, 6) is -0.0349. The summed E-state index contributed by atoms with van der Waals surface area (Å²) >= 11 is 0. The van der Waals surface area contributed by atoms with Crippen LogP contribution in [0.25, 0.3) is 0 Å².